The van der Waals surface area contributed by atoms with Crippen molar-refractivity contribution >= 4 is 0 Å². The summed E-state index contributed by atoms with van der Waals surface area (Å²) in [4.78, 5) is 2.62. The van der Waals surface area contributed by atoms with E-state index >= 15 is 0 Å². The first-order chi connectivity index (χ1) is 9.28. The molecular formula is C17H28N2. The van der Waals surface area contributed by atoms with Gasteiger partial charge in [-0.2, -0.15) is 0 Å². The third kappa shape index (κ3) is 4.96. The van der Waals surface area contributed by atoms with Gasteiger partial charge in [-0.3, -0.25) is 4.90 Å². The predicted octanol–water partition coefficient (Wildman–Crippen LogP) is 3.21. The van der Waals surface area contributed by atoms with E-state index in [0.29, 0.717) is 0 Å². The second kappa shape index (κ2) is 7.66. The zero-order valence-corrected chi connectivity index (χ0v) is 12.5. The fourth-order valence-corrected chi connectivity index (χ4v) is 2.90. The van der Waals surface area contributed by atoms with Crippen molar-refractivity contribution in [3.8, 4) is 0 Å². The van der Waals surface area contributed by atoms with Crippen LogP contribution in [0.15, 0.2) is 24.3 Å². The van der Waals surface area contributed by atoms with Gasteiger partial charge in [0, 0.05) is 13.1 Å². The fourth-order valence-electron chi connectivity index (χ4n) is 2.90. The van der Waals surface area contributed by atoms with Crippen LogP contribution in [-0.2, 0) is 6.54 Å². The Morgan fingerprint density at radius 3 is 2.79 bits per heavy atom. The summed E-state index contributed by atoms with van der Waals surface area (Å²) >= 11 is 0. The highest BCUT2D eigenvalue weighted by Crippen LogP contribution is 2.18. The summed E-state index contributed by atoms with van der Waals surface area (Å²) in [6.07, 6.45) is 3.98. The lowest BCUT2D eigenvalue weighted by Crippen LogP contribution is -2.39. The third-order valence-corrected chi connectivity index (χ3v) is 3.99. The van der Waals surface area contributed by atoms with Gasteiger partial charge in [-0.25, -0.2) is 0 Å². The summed E-state index contributed by atoms with van der Waals surface area (Å²) < 4.78 is 0. The van der Waals surface area contributed by atoms with E-state index in [1.807, 2.05) is 0 Å². The minimum absolute atomic E-state index is 0.839. The van der Waals surface area contributed by atoms with Crippen LogP contribution in [-0.4, -0.2) is 31.1 Å². The number of piperidine rings is 1. The van der Waals surface area contributed by atoms with E-state index in [2.05, 4.69) is 48.3 Å². The Labute approximate surface area is 118 Å². The third-order valence-electron chi connectivity index (χ3n) is 3.99. The first kappa shape index (κ1) is 14.5. The second-order valence-electron chi connectivity index (χ2n) is 5.93. The quantitative estimate of drug-likeness (QED) is 0.790. The molecule has 1 N–H and O–H groups in total. The average molecular weight is 260 g/mol. The van der Waals surface area contributed by atoms with Crippen molar-refractivity contribution in [2.24, 2.45) is 5.92 Å². The number of nitrogens with one attached hydrogen (secondary N) is 1. The Kier molecular flexibility index (Phi) is 5.87. The zero-order chi connectivity index (χ0) is 13.5. The largest absolute Gasteiger partial charge is 0.316 e. The van der Waals surface area contributed by atoms with Crippen LogP contribution in [0.5, 0.6) is 0 Å². The lowest BCUT2D eigenvalue weighted by atomic mass is 9.97. The van der Waals surface area contributed by atoms with Crippen LogP contribution in [0.3, 0.4) is 0 Å². The molecular weight excluding hydrogens is 232 g/mol. The Morgan fingerprint density at radius 1 is 1.26 bits per heavy atom. The lowest BCUT2D eigenvalue weighted by Gasteiger charge is -2.33. The molecule has 1 heterocycles. The normalized spacial score (nSPS) is 20.6. The maximum Gasteiger partial charge on any atom is 0.0233 e. The van der Waals surface area contributed by atoms with Gasteiger partial charge in [0.15, 0.2) is 0 Å². The molecule has 0 bridgehead atoms. The van der Waals surface area contributed by atoms with Crippen molar-refractivity contribution in [1.29, 1.82) is 0 Å². The van der Waals surface area contributed by atoms with Crippen LogP contribution in [0.25, 0.3) is 0 Å². The Balaban J connectivity index is 1.78. The zero-order valence-electron chi connectivity index (χ0n) is 12.5. The van der Waals surface area contributed by atoms with Crippen molar-refractivity contribution in [3.63, 3.8) is 0 Å². The molecule has 2 nitrogen and oxygen atoms in total. The van der Waals surface area contributed by atoms with Crippen molar-refractivity contribution in [3.05, 3.63) is 35.4 Å². The van der Waals surface area contributed by atoms with Crippen molar-refractivity contribution in [2.75, 3.05) is 26.2 Å². The van der Waals surface area contributed by atoms with E-state index < -0.39 is 0 Å². The molecule has 2 heteroatoms. The monoisotopic (exact) mass is 260 g/mol. The van der Waals surface area contributed by atoms with E-state index in [0.717, 1.165) is 19.0 Å². The molecule has 0 aromatic heterocycles. The molecule has 0 spiro atoms. The van der Waals surface area contributed by atoms with Gasteiger partial charge in [0.2, 0.25) is 0 Å². The highest BCUT2D eigenvalue weighted by molar-refractivity contribution is 5.21. The van der Waals surface area contributed by atoms with Crippen LogP contribution < -0.4 is 5.32 Å². The number of benzene rings is 1. The van der Waals surface area contributed by atoms with E-state index in [1.54, 1.807) is 0 Å². The average Bonchev–Trinajstić information content (AvgIpc) is 2.42. The molecule has 1 aromatic rings. The van der Waals surface area contributed by atoms with Gasteiger partial charge in [0.25, 0.3) is 0 Å². The summed E-state index contributed by atoms with van der Waals surface area (Å²) in [5, 5.41) is 3.57. The molecule has 2 rings (SSSR count). The van der Waals surface area contributed by atoms with Crippen LogP contribution in [0, 0.1) is 12.8 Å². The minimum atomic E-state index is 0.839. The Morgan fingerprint density at radius 2 is 2.05 bits per heavy atom. The fraction of sp³-hybridized carbons (Fsp3) is 0.647. The lowest BCUT2D eigenvalue weighted by molar-refractivity contribution is 0.165. The molecule has 19 heavy (non-hydrogen) atoms. The first-order valence-electron chi connectivity index (χ1n) is 7.76. The number of hydrogen-bond donors (Lipinski definition) is 1. The number of aryl methyl sites for hydroxylation is 1. The number of rotatable bonds is 6. The van der Waals surface area contributed by atoms with Gasteiger partial charge in [-0.05, 0) is 57.3 Å². The molecule has 1 atom stereocenters. The summed E-state index contributed by atoms with van der Waals surface area (Å²) in [5.41, 5.74) is 2.80. The number of nitrogens with zero attached hydrogens (tertiary/aromatic N) is 1. The Hall–Kier alpha value is -0.860. The summed E-state index contributed by atoms with van der Waals surface area (Å²) in [6.45, 7) is 10.4. The highest BCUT2D eigenvalue weighted by atomic mass is 15.1. The van der Waals surface area contributed by atoms with Crippen molar-refractivity contribution in [2.45, 2.75) is 39.7 Å². The summed E-state index contributed by atoms with van der Waals surface area (Å²) in [6, 6.07) is 8.99. The molecule has 0 amide bonds. The summed E-state index contributed by atoms with van der Waals surface area (Å²) in [7, 11) is 0. The van der Waals surface area contributed by atoms with E-state index in [1.165, 1.54) is 50.0 Å². The van der Waals surface area contributed by atoms with Crippen LogP contribution >= 0.6 is 0 Å². The van der Waals surface area contributed by atoms with Crippen LogP contribution in [0.2, 0.25) is 0 Å². The molecule has 1 fully saturated rings. The Bertz CT molecular complexity index is 358. The van der Waals surface area contributed by atoms with Gasteiger partial charge < -0.3 is 5.32 Å². The highest BCUT2D eigenvalue weighted by Gasteiger charge is 2.19. The van der Waals surface area contributed by atoms with Crippen molar-refractivity contribution < 1.29 is 0 Å². The molecule has 0 radical (unpaired) electrons. The maximum absolute atomic E-state index is 3.57. The van der Waals surface area contributed by atoms with E-state index in [4.69, 9.17) is 0 Å². The predicted molar refractivity (Wildman–Crippen MR) is 82.3 cm³/mol. The molecule has 1 aliphatic heterocycles. The number of hydrogen-bond acceptors (Lipinski definition) is 2. The molecule has 106 valence electrons. The molecule has 1 unspecified atom stereocenters. The molecule has 1 aliphatic rings. The smallest absolute Gasteiger partial charge is 0.0233 e. The van der Waals surface area contributed by atoms with Crippen LogP contribution in [0.1, 0.15) is 37.3 Å². The maximum atomic E-state index is 3.57. The van der Waals surface area contributed by atoms with Crippen molar-refractivity contribution in [1.82, 2.24) is 10.2 Å². The second-order valence-corrected chi connectivity index (χ2v) is 5.93. The summed E-state index contributed by atoms with van der Waals surface area (Å²) in [5.74, 6) is 0.839. The van der Waals surface area contributed by atoms with Gasteiger partial charge in [0.1, 0.15) is 0 Å². The minimum Gasteiger partial charge on any atom is -0.316 e. The molecule has 1 aromatic carbocycles. The standard InChI is InChI=1S/C17H28N2/c1-3-10-18-12-17-5-4-11-19(14-17)13-16-8-6-15(2)7-9-16/h6-9,17-18H,3-5,10-14H2,1-2H3. The van der Waals surface area contributed by atoms with Gasteiger partial charge >= 0.3 is 0 Å². The SMILES string of the molecule is CCCNCC1CCCN(Cc2ccc(C)cc2)C1. The van der Waals surface area contributed by atoms with E-state index in [-0.39, 0.29) is 0 Å². The van der Waals surface area contributed by atoms with E-state index in [9.17, 15) is 0 Å². The number of likely N-dealkylation sites (tertiary alicyclic amines) is 1. The van der Waals surface area contributed by atoms with Gasteiger partial charge in [-0.1, -0.05) is 36.8 Å². The van der Waals surface area contributed by atoms with Crippen LogP contribution in [0.4, 0.5) is 0 Å². The first-order valence-corrected chi connectivity index (χ1v) is 7.76. The van der Waals surface area contributed by atoms with Gasteiger partial charge in [0.05, 0.1) is 0 Å². The molecule has 0 saturated carbocycles. The molecule has 1 saturated heterocycles. The topological polar surface area (TPSA) is 15.3 Å². The molecule has 0 aliphatic carbocycles. The van der Waals surface area contributed by atoms with Gasteiger partial charge in [-0.15, -0.1) is 0 Å².